The number of hydrogen-bond acceptors (Lipinski definition) is 4. The first-order valence-electron chi connectivity index (χ1n) is 9.69. The number of nitrogens with zero attached hydrogens (tertiary/aromatic N) is 2. The molecule has 1 amide bonds. The zero-order chi connectivity index (χ0) is 21.5. The summed E-state index contributed by atoms with van der Waals surface area (Å²) in [4.78, 5) is 33.0. The SMILES string of the molecule is O=C(N[C@@H](c1ccc(C(F)(F)F)cc1)C1CC1)c1cc(=O)[nH]c(N2CC[C@H](F)C2)n1. The Morgan fingerprint density at radius 2 is 1.90 bits per heavy atom. The van der Waals surface area contributed by atoms with Gasteiger partial charge in [-0.15, -0.1) is 0 Å². The van der Waals surface area contributed by atoms with Crippen molar-refractivity contribution in [3.8, 4) is 0 Å². The lowest BCUT2D eigenvalue weighted by atomic mass is 10.0. The molecular weight excluding hydrogens is 404 g/mol. The summed E-state index contributed by atoms with van der Waals surface area (Å²) >= 11 is 0. The van der Waals surface area contributed by atoms with Crippen molar-refractivity contribution in [3.63, 3.8) is 0 Å². The highest BCUT2D eigenvalue weighted by molar-refractivity contribution is 5.92. The van der Waals surface area contributed by atoms with Gasteiger partial charge < -0.3 is 10.2 Å². The zero-order valence-electron chi connectivity index (χ0n) is 15.9. The number of carbonyl (C=O) groups excluding carboxylic acids is 1. The second kappa shape index (κ2) is 7.73. The van der Waals surface area contributed by atoms with E-state index in [1.807, 2.05) is 0 Å². The van der Waals surface area contributed by atoms with Gasteiger partial charge in [-0.3, -0.25) is 14.6 Å². The van der Waals surface area contributed by atoms with Gasteiger partial charge in [0.25, 0.3) is 11.5 Å². The van der Waals surface area contributed by atoms with Gasteiger partial charge >= 0.3 is 6.18 Å². The van der Waals surface area contributed by atoms with Gasteiger partial charge in [0, 0.05) is 12.6 Å². The van der Waals surface area contributed by atoms with Crippen LogP contribution in [0, 0.1) is 5.92 Å². The Hall–Kier alpha value is -2.91. The van der Waals surface area contributed by atoms with Gasteiger partial charge in [0.1, 0.15) is 11.9 Å². The number of aromatic nitrogens is 2. The average molecular weight is 424 g/mol. The van der Waals surface area contributed by atoms with E-state index in [1.54, 1.807) is 4.90 Å². The maximum Gasteiger partial charge on any atom is 0.416 e. The number of aromatic amines is 1. The number of H-pyrrole nitrogens is 1. The van der Waals surface area contributed by atoms with E-state index in [4.69, 9.17) is 0 Å². The number of carbonyl (C=O) groups is 1. The Balaban J connectivity index is 1.54. The molecule has 2 heterocycles. The molecule has 2 aromatic rings. The number of benzene rings is 1. The fourth-order valence-electron chi connectivity index (χ4n) is 3.62. The number of alkyl halides is 4. The van der Waals surface area contributed by atoms with Crippen LogP contribution < -0.4 is 15.8 Å². The van der Waals surface area contributed by atoms with Crippen LogP contribution in [0.15, 0.2) is 35.1 Å². The van der Waals surface area contributed by atoms with Crippen molar-refractivity contribution >= 4 is 11.9 Å². The summed E-state index contributed by atoms with van der Waals surface area (Å²) in [6, 6.07) is 5.26. The number of anilines is 1. The molecule has 0 radical (unpaired) electrons. The molecule has 1 aliphatic carbocycles. The third-order valence-electron chi connectivity index (χ3n) is 5.37. The second-order valence-electron chi connectivity index (χ2n) is 7.69. The summed E-state index contributed by atoms with van der Waals surface area (Å²) in [6.07, 6.45) is -3.46. The van der Waals surface area contributed by atoms with Crippen LogP contribution in [0.3, 0.4) is 0 Å². The van der Waals surface area contributed by atoms with Crippen molar-refractivity contribution in [2.45, 2.75) is 37.7 Å². The Bertz CT molecular complexity index is 986. The number of amides is 1. The van der Waals surface area contributed by atoms with Gasteiger partial charge in [0.2, 0.25) is 5.95 Å². The Labute approximate surface area is 169 Å². The first kappa shape index (κ1) is 20.4. The van der Waals surface area contributed by atoms with Crippen molar-refractivity contribution in [3.05, 3.63) is 57.5 Å². The Morgan fingerprint density at radius 1 is 1.20 bits per heavy atom. The fraction of sp³-hybridized carbons (Fsp3) is 0.450. The van der Waals surface area contributed by atoms with Crippen LogP contribution in [0.4, 0.5) is 23.5 Å². The molecule has 160 valence electrons. The number of nitrogens with one attached hydrogen (secondary N) is 2. The molecule has 4 rings (SSSR count). The molecule has 6 nitrogen and oxygen atoms in total. The molecule has 10 heteroatoms. The van der Waals surface area contributed by atoms with Crippen molar-refractivity contribution in [2.24, 2.45) is 5.92 Å². The molecule has 1 saturated carbocycles. The summed E-state index contributed by atoms with van der Waals surface area (Å²) in [5.41, 5.74) is -0.855. The molecule has 1 aromatic heterocycles. The quantitative estimate of drug-likeness (QED) is 0.723. The second-order valence-corrected chi connectivity index (χ2v) is 7.69. The average Bonchev–Trinajstić information content (AvgIpc) is 3.44. The third kappa shape index (κ3) is 4.47. The van der Waals surface area contributed by atoms with Gasteiger partial charge in [-0.25, -0.2) is 9.37 Å². The van der Waals surface area contributed by atoms with Gasteiger partial charge in [-0.1, -0.05) is 12.1 Å². The van der Waals surface area contributed by atoms with E-state index in [-0.39, 0.29) is 24.1 Å². The number of rotatable bonds is 5. The minimum atomic E-state index is -4.43. The lowest BCUT2D eigenvalue weighted by Crippen LogP contribution is -2.33. The predicted octanol–water partition coefficient (Wildman–Crippen LogP) is 3.22. The predicted molar refractivity (Wildman–Crippen MR) is 101 cm³/mol. The first-order valence-corrected chi connectivity index (χ1v) is 9.69. The molecule has 1 saturated heterocycles. The fourth-order valence-corrected chi connectivity index (χ4v) is 3.62. The van der Waals surface area contributed by atoms with Crippen LogP contribution in [0.2, 0.25) is 0 Å². The van der Waals surface area contributed by atoms with E-state index in [0.717, 1.165) is 31.0 Å². The topological polar surface area (TPSA) is 78.1 Å². The molecule has 2 atom stereocenters. The van der Waals surface area contributed by atoms with Crippen LogP contribution in [0.5, 0.6) is 0 Å². The lowest BCUT2D eigenvalue weighted by molar-refractivity contribution is -0.137. The van der Waals surface area contributed by atoms with E-state index in [2.05, 4.69) is 15.3 Å². The van der Waals surface area contributed by atoms with Gasteiger partial charge in [0.15, 0.2) is 0 Å². The summed E-state index contributed by atoms with van der Waals surface area (Å²) < 4.78 is 51.9. The highest BCUT2D eigenvalue weighted by atomic mass is 19.4. The first-order chi connectivity index (χ1) is 14.2. The minimum Gasteiger partial charge on any atom is -0.344 e. The molecule has 2 N–H and O–H groups in total. The minimum absolute atomic E-state index is 0.0876. The van der Waals surface area contributed by atoms with Crippen LogP contribution in [-0.4, -0.2) is 35.1 Å². The lowest BCUT2D eigenvalue weighted by Gasteiger charge is -2.20. The van der Waals surface area contributed by atoms with E-state index in [9.17, 15) is 27.2 Å². The van der Waals surface area contributed by atoms with Crippen LogP contribution in [0.1, 0.15) is 46.9 Å². The Morgan fingerprint density at radius 3 is 2.47 bits per heavy atom. The van der Waals surface area contributed by atoms with Crippen molar-refractivity contribution in [1.29, 1.82) is 0 Å². The number of hydrogen-bond donors (Lipinski definition) is 2. The Kier molecular flexibility index (Phi) is 5.25. The van der Waals surface area contributed by atoms with Crippen LogP contribution in [0.25, 0.3) is 0 Å². The van der Waals surface area contributed by atoms with E-state index < -0.39 is 35.4 Å². The largest absolute Gasteiger partial charge is 0.416 e. The molecule has 0 unspecified atom stereocenters. The van der Waals surface area contributed by atoms with Crippen LogP contribution in [-0.2, 0) is 6.18 Å². The van der Waals surface area contributed by atoms with E-state index in [0.29, 0.717) is 18.5 Å². The van der Waals surface area contributed by atoms with E-state index >= 15 is 0 Å². The smallest absolute Gasteiger partial charge is 0.344 e. The molecule has 2 aliphatic rings. The third-order valence-corrected chi connectivity index (χ3v) is 5.37. The summed E-state index contributed by atoms with van der Waals surface area (Å²) in [5.74, 6) is -0.363. The van der Waals surface area contributed by atoms with Crippen molar-refractivity contribution in [2.75, 3.05) is 18.0 Å². The highest BCUT2D eigenvalue weighted by Crippen LogP contribution is 2.41. The number of halogens is 4. The standard InChI is InChI=1S/C20H20F4N4O2/c21-14-7-8-28(10-14)19-25-15(9-16(29)26-19)18(30)27-17(11-1-2-11)12-3-5-13(6-4-12)20(22,23)24/h3-6,9,11,14,17H,1-2,7-8,10H2,(H,27,30)(H,25,26,29)/t14-,17+/m0/s1. The molecule has 0 spiro atoms. The molecular formula is C20H20F4N4O2. The highest BCUT2D eigenvalue weighted by Gasteiger charge is 2.35. The van der Waals surface area contributed by atoms with Gasteiger partial charge in [-0.2, -0.15) is 13.2 Å². The maximum atomic E-state index is 13.5. The van der Waals surface area contributed by atoms with Crippen molar-refractivity contribution in [1.82, 2.24) is 15.3 Å². The molecule has 30 heavy (non-hydrogen) atoms. The maximum absolute atomic E-state index is 13.5. The normalized spacial score (nSPS) is 20.3. The van der Waals surface area contributed by atoms with E-state index in [1.165, 1.54) is 12.1 Å². The zero-order valence-corrected chi connectivity index (χ0v) is 15.9. The van der Waals surface area contributed by atoms with Gasteiger partial charge in [-0.05, 0) is 42.9 Å². The van der Waals surface area contributed by atoms with Crippen molar-refractivity contribution < 1.29 is 22.4 Å². The van der Waals surface area contributed by atoms with Crippen LogP contribution >= 0.6 is 0 Å². The molecule has 0 bridgehead atoms. The summed E-state index contributed by atoms with van der Waals surface area (Å²) in [6.45, 7) is 0.468. The molecule has 1 aromatic carbocycles. The summed E-state index contributed by atoms with van der Waals surface area (Å²) in [7, 11) is 0. The monoisotopic (exact) mass is 424 g/mol. The summed E-state index contributed by atoms with van der Waals surface area (Å²) in [5, 5.41) is 2.80. The molecule has 2 fully saturated rings. The van der Waals surface area contributed by atoms with Gasteiger partial charge in [0.05, 0.1) is 18.2 Å². The molecule has 1 aliphatic heterocycles.